The van der Waals surface area contributed by atoms with E-state index in [1.807, 2.05) is 0 Å². The predicted octanol–water partition coefficient (Wildman–Crippen LogP) is 3.06. The topological polar surface area (TPSA) is 78.3 Å². The van der Waals surface area contributed by atoms with Crippen molar-refractivity contribution in [3.63, 3.8) is 0 Å². The molecule has 0 saturated carbocycles. The third-order valence-corrected chi connectivity index (χ3v) is 4.28. The van der Waals surface area contributed by atoms with Crippen molar-refractivity contribution in [1.82, 2.24) is 14.8 Å². The normalized spacial score (nSPS) is 16.4. The molecule has 0 bridgehead atoms. The molecular formula is C16H16Cl2N4O3. The Morgan fingerprint density at radius 2 is 2.20 bits per heavy atom. The van der Waals surface area contributed by atoms with Gasteiger partial charge in [0.05, 0.1) is 24.5 Å². The van der Waals surface area contributed by atoms with Gasteiger partial charge in [0, 0.05) is 22.7 Å². The van der Waals surface area contributed by atoms with Gasteiger partial charge in [-0.05, 0) is 19.1 Å². The lowest BCUT2D eigenvalue weighted by Crippen LogP contribution is -2.32. The van der Waals surface area contributed by atoms with E-state index >= 15 is 0 Å². The van der Waals surface area contributed by atoms with Gasteiger partial charge in [-0.15, -0.1) is 0 Å². The van der Waals surface area contributed by atoms with E-state index in [0.717, 1.165) is 0 Å². The quantitative estimate of drug-likeness (QED) is 0.800. The van der Waals surface area contributed by atoms with Crippen LogP contribution < -0.4 is 5.32 Å². The Labute approximate surface area is 154 Å². The Morgan fingerprint density at radius 1 is 1.40 bits per heavy atom. The predicted molar refractivity (Wildman–Crippen MR) is 93.8 cm³/mol. The van der Waals surface area contributed by atoms with Gasteiger partial charge in [0.25, 0.3) is 0 Å². The summed E-state index contributed by atoms with van der Waals surface area (Å²) in [5, 5.41) is 8.22. The summed E-state index contributed by atoms with van der Waals surface area (Å²) in [6, 6.07) is 4.49. The van der Waals surface area contributed by atoms with Crippen LogP contribution in [0.2, 0.25) is 10.0 Å². The average Bonchev–Trinajstić information content (AvgIpc) is 3.02. The van der Waals surface area contributed by atoms with Gasteiger partial charge >= 0.3 is 5.97 Å². The zero-order valence-electron chi connectivity index (χ0n) is 13.6. The number of hydrogen-bond acceptors (Lipinski definition) is 6. The van der Waals surface area contributed by atoms with Gasteiger partial charge in [0.2, 0.25) is 5.95 Å². The highest BCUT2D eigenvalue weighted by molar-refractivity contribution is 6.35. The van der Waals surface area contributed by atoms with Crippen molar-refractivity contribution in [2.24, 2.45) is 0 Å². The first kappa shape index (κ1) is 17.7. The number of halogens is 2. The standard InChI is InChI=1S/C16H16Cl2N4O3/c1-3-25-15(23)13-12(7-24-2)21-16-19-8-20-22(16)14(13)10-5-4-9(17)6-11(10)18/h4-6,8,14H,3,7H2,1-2H3,(H,19,20,21). The molecule has 7 nitrogen and oxygen atoms in total. The summed E-state index contributed by atoms with van der Waals surface area (Å²) in [4.78, 5) is 16.9. The van der Waals surface area contributed by atoms with Crippen molar-refractivity contribution in [3.05, 3.63) is 51.4 Å². The molecule has 9 heteroatoms. The lowest BCUT2D eigenvalue weighted by atomic mass is 9.95. The number of carbonyl (C=O) groups is 1. The monoisotopic (exact) mass is 382 g/mol. The zero-order chi connectivity index (χ0) is 18.0. The van der Waals surface area contributed by atoms with Crippen LogP contribution in [0.15, 0.2) is 35.8 Å². The molecule has 1 N–H and O–H groups in total. The third kappa shape index (κ3) is 3.35. The fourth-order valence-electron chi connectivity index (χ4n) is 2.73. The third-order valence-electron chi connectivity index (χ3n) is 3.72. The molecule has 1 atom stereocenters. The Bertz CT molecular complexity index is 835. The van der Waals surface area contributed by atoms with Gasteiger partial charge < -0.3 is 14.8 Å². The van der Waals surface area contributed by atoms with Crippen molar-refractivity contribution in [2.75, 3.05) is 25.6 Å². The molecule has 0 aliphatic carbocycles. The van der Waals surface area contributed by atoms with Crippen molar-refractivity contribution >= 4 is 35.1 Å². The molecule has 25 heavy (non-hydrogen) atoms. The molecule has 132 valence electrons. The van der Waals surface area contributed by atoms with Gasteiger partial charge in [-0.1, -0.05) is 29.3 Å². The van der Waals surface area contributed by atoms with Crippen LogP contribution in [0, 0.1) is 0 Å². The second kappa shape index (κ2) is 7.43. The maximum absolute atomic E-state index is 12.7. The van der Waals surface area contributed by atoms with E-state index in [2.05, 4.69) is 15.4 Å². The van der Waals surface area contributed by atoms with Crippen molar-refractivity contribution in [1.29, 1.82) is 0 Å². The van der Waals surface area contributed by atoms with E-state index in [4.69, 9.17) is 32.7 Å². The molecule has 2 aromatic rings. The highest BCUT2D eigenvalue weighted by Crippen LogP contribution is 2.39. The summed E-state index contributed by atoms with van der Waals surface area (Å²) >= 11 is 12.4. The number of nitrogens with zero attached hydrogens (tertiary/aromatic N) is 3. The number of nitrogens with one attached hydrogen (secondary N) is 1. The van der Waals surface area contributed by atoms with Gasteiger partial charge in [0.1, 0.15) is 12.4 Å². The minimum atomic E-state index is -0.604. The van der Waals surface area contributed by atoms with Gasteiger partial charge in [-0.25, -0.2) is 9.48 Å². The molecule has 0 amide bonds. The number of anilines is 1. The van der Waals surface area contributed by atoms with Crippen molar-refractivity contribution in [3.8, 4) is 0 Å². The van der Waals surface area contributed by atoms with E-state index in [9.17, 15) is 4.79 Å². The van der Waals surface area contributed by atoms with E-state index in [0.29, 0.717) is 32.8 Å². The molecule has 0 saturated heterocycles. The molecule has 0 spiro atoms. The molecule has 0 fully saturated rings. The first-order chi connectivity index (χ1) is 12.1. The Balaban J connectivity index is 2.20. The first-order valence-electron chi connectivity index (χ1n) is 7.57. The maximum Gasteiger partial charge on any atom is 0.338 e. The Hall–Kier alpha value is -2.09. The summed E-state index contributed by atoms with van der Waals surface area (Å²) in [5.74, 6) is 0.00957. The Morgan fingerprint density at radius 3 is 2.88 bits per heavy atom. The molecule has 1 aliphatic heterocycles. The van der Waals surface area contributed by atoms with Crippen LogP contribution in [-0.4, -0.2) is 41.1 Å². The first-order valence-corrected chi connectivity index (χ1v) is 8.33. The number of hydrogen-bond donors (Lipinski definition) is 1. The highest BCUT2D eigenvalue weighted by atomic mass is 35.5. The van der Waals surface area contributed by atoms with Crippen molar-refractivity contribution in [2.45, 2.75) is 13.0 Å². The number of methoxy groups -OCH3 is 1. The number of aromatic nitrogens is 3. The number of fused-ring (bicyclic) bond motifs is 1. The number of benzene rings is 1. The lowest BCUT2D eigenvalue weighted by Gasteiger charge is -2.29. The van der Waals surface area contributed by atoms with E-state index < -0.39 is 12.0 Å². The second-order valence-corrected chi connectivity index (χ2v) is 6.11. The van der Waals surface area contributed by atoms with Crippen LogP contribution in [0.5, 0.6) is 0 Å². The number of rotatable bonds is 5. The summed E-state index contributed by atoms with van der Waals surface area (Å²) in [5.41, 5.74) is 1.58. The number of carbonyl (C=O) groups excluding carboxylic acids is 1. The number of esters is 1. The smallest absolute Gasteiger partial charge is 0.338 e. The molecule has 1 aromatic heterocycles. The lowest BCUT2D eigenvalue weighted by molar-refractivity contribution is -0.139. The van der Waals surface area contributed by atoms with Crippen LogP contribution in [0.1, 0.15) is 18.5 Å². The molecule has 3 rings (SSSR count). The second-order valence-electron chi connectivity index (χ2n) is 5.27. The molecule has 1 aromatic carbocycles. The van der Waals surface area contributed by atoms with Crippen LogP contribution in [-0.2, 0) is 14.3 Å². The summed E-state index contributed by atoms with van der Waals surface area (Å²) in [7, 11) is 1.54. The van der Waals surface area contributed by atoms with E-state index in [1.54, 1.807) is 36.9 Å². The van der Waals surface area contributed by atoms with Gasteiger partial charge in [-0.2, -0.15) is 10.1 Å². The Kier molecular flexibility index (Phi) is 5.27. The van der Waals surface area contributed by atoms with Crippen LogP contribution >= 0.6 is 23.2 Å². The average molecular weight is 383 g/mol. The minimum Gasteiger partial charge on any atom is -0.463 e. The number of ether oxygens (including phenoxy) is 2. The highest BCUT2D eigenvalue weighted by Gasteiger charge is 2.36. The molecule has 1 aliphatic rings. The minimum absolute atomic E-state index is 0.183. The summed E-state index contributed by atoms with van der Waals surface area (Å²) < 4.78 is 12.1. The van der Waals surface area contributed by atoms with Gasteiger partial charge in [0.15, 0.2) is 0 Å². The van der Waals surface area contributed by atoms with E-state index in [1.165, 1.54) is 6.33 Å². The van der Waals surface area contributed by atoms with Crippen LogP contribution in [0.4, 0.5) is 5.95 Å². The fraction of sp³-hybridized carbons (Fsp3) is 0.312. The van der Waals surface area contributed by atoms with Crippen molar-refractivity contribution < 1.29 is 14.3 Å². The maximum atomic E-state index is 12.7. The molecule has 0 radical (unpaired) electrons. The molecule has 1 unspecified atom stereocenters. The van der Waals surface area contributed by atoms with Gasteiger partial charge in [-0.3, -0.25) is 0 Å². The summed E-state index contributed by atoms with van der Waals surface area (Å²) in [6.45, 7) is 2.17. The SMILES string of the molecule is CCOC(=O)C1=C(COC)Nc2ncnn2C1c1ccc(Cl)cc1Cl. The van der Waals surface area contributed by atoms with Crippen LogP contribution in [0.3, 0.4) is 0 Å². The van der Waals surface area contributed by atoms with Crippen LogP contribution in [0.25, 0.3) is 0 Å². The zero-order valence-corrected chi connectivity index (χ0v) is 15.1. The van der Waals surface area contributed by atoms with E-state index in [-0.39, 0.29) is 13.2 Å². The fourth-order valence-corrected chi connectivity index (χ4v) is 3.24. The summed E-state index contributed by atoms with van der Waals surface area (Å²) in [6.07, 6.45) is 1.40. The molecule has 2 heterocycles. The molecular weight excluding hydrogens is 367 g/mol. The largest absolute Gasteiger partial charge is 0.463 e.